The molecular weight excluding hydrogens is 434 g/mol. The second-order valence-electron chi connectivity index (χ2n) is 9.49. The van der Waals surface area contributed by atoms with Gasteiger partial charge in [0.15, 0.2) is 0 Å². The molecule has 1 aliphatic rings. The van der Waals surface area contributed by atoms with Gasteiger partial charge in [-0.2, -0.15) is 0 Å². The Morgan fingerprint density at radius 2 is 1.26 bits per heavy atom. The van der Waals surface area contributed by atoms with Crippen LogP contribution in [0.2, 0.25) is 0 Å². The summed E-state index contributed by atoms with van der Waals surface area (Å²) in [6.45, 7) is 8.47. The topological polar surface area (TPSA) is 90.4 Å². The fourth-order valence-electron chi connectivity index (χ4n) is 5.15. The van der Waals surface area contributed by atoms with Gasteiger partial charge in [-0.3, -0.25) is 4.79 Å². The summed E-state index contributed by atoms with van der Waals surface area (Å²) in [5, 5.41) is 2.94. The SMILES string of the molecule is Cc1cc(C)c2c(c1)Oc1cc(C)cc(C)c1C2c1ccc(NC(=O)c2cc(N)cc(N)c2)cc1. The Bertz CT molecular complexity index is 1390. The summed E-state index contributed by atoms with van der Waals surface area (Å²) < 4.78 is 6.42. The predicted octanol–water partition coefficient (Wildman–Crippen LogP) is 6.62. The van der Waals surface area contributed by atoms with E-state index in [-0.39, 0.29) is 11.8 Å². The van der Waals surface area contributed by atoms with Crippen LogP contribution in [0, 0.1) is 27.7 Å². The van der Waals surface area contributed by atoms with Crippen molar-refractivity contribution >= 4 is 23.0 Å². The lowest BCUT2D eigenvalue weighted by Crippen LogP contribution is -2.16. The minimum absolute atomic E-state index is 0.0356. The van der Waals surface area contributed by atoms with Gasteiger partial charge < -0.3 is 21.5 Å². The summed E-state index contributed by atoms with van der Waals surface area (Å²) in [6.07, 6.45) is 0. The normalized spacial score (nSPS) is 12.5. The molecule has 0 atom stereocenters. The van der Waals surface area contributed by atoms with Gasteiger partial charge in [-0.15, -0.1) is 0 Å². The van der Waals surface area contributed by atoms with Gasteiger partial charge in [0.1, 0.15) is 11.5 Å². The number of hydrogen-bond donors (Lipinski definition) is 3. The molecule has 4 aromatic rings. The van der Waals surface area contributed by atoms with Crippen molar-refractivity contribution in [2.24, 2.45) is 0 Å². The average Bonchev–Trinajstić information content (AvgIpc) is 2.77. The second kappa shape index (κ2) is 8.51. The largest absolute Gasteiger partial charge is 0.457 e. The van der Waals surface area contributed by atoms with Gasteiger partial charge in [-0.1, -0.05) is 24.3 Å². The number of nitrogens with one attached hydrogen (secondary N) is 1. The maximum atomic E-state index is 12.7. The molecule has 0 radical (unpaired) electrons. The van der Waals surface area contributed by atoms with E-state index in [1.165, 1.54) is 33.4 Å². The van der Waals surface area contributed by atoms with E-state index in [0.717, 1.165) is 17.1 Å². The van der Waals surface area contributed by atoms with Crippen molar-refractivity contribution in [1.82, 2.24) is 0 Å². The quantitative estimate of drug-likeness (QED) is 0.262. The molecule has 35 heavy (non-hydrogen) atoms. The molecule has 5 rings (SSSR count). The number of rotatable bonds is 3. The Hall–Kier alpha value is -4.25. The summed E-state index contributed by atoms with van der Waals surface area (Å²) >= 11 is 0. The smallest absolute Gasteiger partial charge is 0.255 e. The van der Waals surface area contributed by atoms with Crippen molar-refractivity contribution < 1.29 is 9.53 Å². The van der Waals surface area contributed by atoms with Gasteiger partial charge in [-0.05, 0) is 98.0 Å². The zero-order valence-corrected chi connectivity index (χ0v) is 20.4. The van der Waals surface area contributed by atoms with Gasteiger partial charge in [-0.25, -0.2) is 0 Å². The second-order valence-corrected chi connectivity index (χ2v) is 9.49. The first kappa shape index (κ1) is 22.5. The lowest BCUT2D eigenvalue weighted by molar-refractivity contribution is 0.102. The Kier molecular flexibility index (Phi) is 5.48. The van der Waals surface area contributed by atoms with Crippen LogP contribution in [-0.2, 0) is 0 Å². The number of fused-ring (bicyclic) bond motifs is 2. The highest BCUT2D eigenvalue weighted by Gasteiger charge is 2.32. The Morgan fingerprint density at radius 3 is 1.77 bits per heavy atom. The van der Waals surface area contributed by atoms with Crippen molar-refractivity contribution in [3.8, 4) is 11.5 Å². The molecule has 0 saturated carbocycles. The van der Waals surface area contributed by atoms with E-state index in [1.54, 1.807) is 18.2 Å². The van der Waals surface area contributed by atoms with Crippen LogP contribution in [0.25, 0.3) is 0 Å². The molecule has 0 aliphatic carbocycles. The highest BCUT2D eigenvalue weighted by atomic mass is 16.5. The molecule has 0 unspecified atom stereocenters. The zero-order chi connectivity index (χ0) is 24.9. The molecule has 5 nitrogen and oxygen atoms in total. The molecule has 0 saturated heterocycles. The molecule has 0 fully saturated rings. The minimum Gasteiger partial charge on any atom is -0.457 e. The van der Waals surface area contributed by atoms with Crippen molar-refractivity contribution in [3.05, 3.63) is 111 Å². The van der Waals surface area contributed by atoms with E-state index in [4.69, 9.17) is 16.2 Å². The van der Waals surface area contributed by atoms with Crippen LogP contribution in [0.1, 0.15) is 55.2 Å². The van der Waals surface area contributed by atoms with E-state index in [2.05, 4.69) is 69.4 Å². The van der Waals surface area contributed by atoms with Gasteiger partial charge in [0.2, 0.25) is 0 Å². The lowest BCUT2D eigenvalue weighted by Gasteiger charge is -2.32. The van der Waals surface area contributed by atoms with Gasteiger partial charge in [0.25, 0.3) is 5.91 Å². The number of nitrogen functional groups attached to an aromatic ring is 2. The van der Waals surface area contributed by atoms with Crippen LogP contribution in [0.3, 0.4) is 0 Å². The average molecular weight is 464 g/mol. The number of benzene rings is 4. The molecule has 0 aromatic heterocycles. The fraction of sp³-hybridized carbons (Fsp3) is 0.167. The Balaban J connectivity index is 1.53. The number of anilines is 3. The van der Waals surface area contributed by atoms with E-state index in [0.29, 0.717) is 22.6 Å². The summed E-state index contributed by atoms with van der Waals surface area (Å²) in [5.41, 5.74) is 22.0. The number of carbonyl (C=O) groups excluding carboxylic acids is 1. The fourth-order valence-corrected chi connectivity index (χ4v) is 5.15. The molecule has 5 N–H and O–H groups in total. The molecule has 176 valence electrons. The van der Waals surface area contributed by atoms with Crippen LogP contribution in [0.4, 0.5) is 17.1 Å². The number of amides is 1. The molecule has 0 spiro atoms. The predicted molar refractivity (Wildman–Crippen MR) is 143 cm³/mol. The maximum absolute atomic E-state index is 12.7. The first-order valence-electron chi connectivity index (χ1n) is 11.7. The van der Waals surface area contributed by atoms with Crippen molar-refractivity contribution in [2.45, 2.75) is 33.6 Å². The summed E-state index contributed by atoms with van der Waals surface area (Å²) in [4.78, 5) is 12.7. The van der Waals surface area contributed by atoms with Crippen LogP contribution in [-0.4, -0.2) is 5.91 Å². The maximum Gasteiger partial charge on any atom is 0.255 e. The monoisotopic (exact) mass is 463 g/mol. The highest BCUT2D eigenvalue weighted by Crippen LogP contribution is 2.50. The Labute approximate surface area is 205 Å². The highest BCUT2D eigenvalue weighted by molar-refractivity contribution is 6.05. The molecular formula is C30H29N3O2. The van der Waals surface area contributed by atoms with E-state index < -0.39 is 0 Å². The summed E-state index contributed by atoms with van der Waals surface area (Å²) in [5.74, 6) is 1.59. The van der Waals surface area contributed by atoms with Crippen LogP contribution < -0.4 is 21.5 Å². The van der Waals surface area contributed by atoms with Crippen LogP contribution >= 0.6 is 0 Å². The van der Waals surface area contributed by atoms with Gasteiger partial charge in [0.05, 0.1) is 0 Å². The van der Waals surface area contributed by atoms with Gasteiger partial charge >= 0.3 is 0 Å². The molecule has 1 heterocycles. The van der Waals surface area contributed by atoms with E-state index in [9.17, 15) is 4.79 Å². The van der Waals surface area contributed by atoms with Crippen LogP contribution in [0.5, 0.6) is 11.5 Å². The van der Waals surface area contributed by atoms with Crippen molar-refractivity contribution in [1.29, 1.82) is 0 Å². The van der Waals surface area contributed by atoms with Crippen molar-refractivity contribution in [3.63, 3.8) is 0 Å². The third kappa shape index (κ3) is 4.21. The first-order valence-corrected chi connectivity index (χ1v) is 11.7. The summed E-state index contributed by atoms with van der Waals surface area (Å²) in [6, 6.07) is 21.5. The number of ether oxygens (including phenoxy) is 1. The molecule has 1 amide bonds. The lowest BCUT2D eigenvalue weighted by atomic mass is 9.78. The molecule has 4 aromatic carbocycles. The third-order valence-corrected chi connectivity index (χ3v) is 6.53. The molecule has 5 heteroatoms. The van der Waals surface area contributed by atoms with E-state index >= 15 is 0 Å². The van der Waals surface area contributed by atoms with Crippen LogP contribution in [0.15, 0.2) is 66.7 Å². The molecule has 0 bridgehead atoms. The van der Waals surface area contributed by atoms with Crippen molar-refractivity contribution in [2.75, 3.05) is 16.8 Å². The number of hydrogen-bond acceptors (Lipinski definition) is 4. The third-order valence-electron chi connectivity index (χ3n) is 6.53. The zero-order valence-electron chi connectivity index (χ0n) is 20.4. The standard InChI is InChI=1S/C30H29N3O2/c1-16-9-18(3)27-25(11-16)35-26-12-17(2)10-19(4)28(26)29(27)20-5-7-24(8-6-20)33-30(34)21-13-22(31)15-23(32)14-21/h5-15,29H,31-32H2,1-4H3,(H,33,34). The number of nitrogens with two attached hydrogens (primary N) is 2. The number of aryl methyl sites for hydroxylation is 4. The molecule has 1 aliphatic heterocycles. The summed E-state index contributed by atoms with van der Waals surface area (Å²) in [7, 11) is 0. The minimum atomic E-state index is -0.254. The van der Waals surface area contributed by atoms with Gasteiger partial charge in [0, 0.05) is 39.7 Å². The Morgan fingerprint density at radius 1 is 0.743 bits per heavy atom. The van der Waals surface area contributed by atoms with E-state index in [1.807, 2.05) is 12.1 Å². The first-order chi connectivity index (χ1) is 16.7. The number of carbonyl (C=O) groups is 1.